The van der Waals surface area contributed by atoms with Crippen LogP contribution in [-0.2, 0) is 5.67 Å². The molecule has 0 N–H and O–H groups in total. The molecule has 1 aromatic carbocycles. The molecule has 0 spiro atoms. The number of halogens is 9. The van der Waals surface area contributed by atoms with Crippen LogP contribution < -0.4 is 0 Å². The quantitative estimate of drug-likeness (QED) is 0.554. The summed E-state index contributed by atoms with van der Waals surface area (Å²) in [6.45, 7) is 1.36. The van der Waals surface area contributed by atoms with Gasteiger partial charge in [-0.2, -0.15) is 26.3 Å². The third-order valence-corrected chi connectivity index (χ3v) is 3.68. The summed E-state index contributed by atoms with van der Waals surface area (Å²) in [7, 11) is 0. The second-order valence-corrected chi connectivity index (χ2v) is 4.98. The third kappa shape index (κ3) is 2.69. The molecule has 9 heteroatoms. The molecule has 0 aliphatic carbocycles. The van der Waals surface area contributed by atoms with Gasteiger partial charge >= 0.3 is 18.0 Å². The first-order valence-corrected chi connectivity index (χ1v) is 5.78. The Hall–Kier alpha value is -0.500. The molecule has 0 saturated carbocycles. The highest BCUT2D eigenvalue weighted by Gasteiger charge is 2.73. The molecule has 1 rings (SSSR count). The van der Waals surface area contributed by atoms with E-state index in [4.69, 9.17) is 11.6 Å². The summed E-state index contributed by atoms with van der Waals surface area (Å²) in [4.78, 5) is 0. The molecule has 0 aliphatic rings. The second-order valence-electron chi connectivity index (χ2n) is 3.72. The van der Waals surface area contributed by atoms with Crippen LogP contribution in [0.3, 0.4) is 0 Å². The first-order valence-electron chi connectivity index (χ1n) is 4.61. The van der Waals surface area contributed by atoms with E-state index < -0.39 is 28.6 Å². The maximum atomic E-state index is 13.7. The van der Waals surface area contributed by atoms with Crippen molar-refractivity contribution in [3.63, 3.8) is 0 Å². The Morgan fingerprint density at radius 2 is 1.37 bits per heavy atom. The monoisotopic (exact) mass is 372 g/mol. The normalized spacial score (nSPS) is 13.8. The van der Waals surface area contributed by atoms with Gasteiger partial charge in [-0.3, -0.25) is 0 Å². The average Bonchev–Trinajstić information content (AvgIpc) is 2.20. The van der Waals surface area contributed by atoms with Gasteiger partial charge in [0.2, 0.25) is 0 Å². The summed E-state index contributed by atoms with van der Waals surface area (Å²) < 4.78 is 88.5. The van der Waals surface area contributed by atoms with Crippen LogP contribution >= 0.6 is 27.5 Å². The predicted octanol–water partition coefficient (Wildman–Crippen LogP) is 5.70. The number of hydrogen-bond donors (Lipinski definition) is 0. The Labute approximate surface area is 116 Å². The predicted molar refractivity (Wildman–Crippen MR) is 58.8 cm³/mol. The molecular weight excluding hydrogens is 368 g/mol. The maximum Gasteiger partial charge on any atom is 0.435 e. The number of benzene rings is 1. The minimum absolute atomic E-state index is 0.148. The van der Waals surface area contributed by atoms with Crippen molar-refractivity contribution in [1.29, 1.82) is 0 Å². The molecule has 0 bridgehead atoms. The summed E-state index contributed by atoms with van der Waals surface area (Å²) in [5.74, 6) is 0. The van der Waals surface area contributed by atoms with E-state index in [1.165, 1.54) is 6.92 Å². The number of alkyl halides is 7. The number of rotatable bonds is 1. The van der Waals surface area contributed by atoms with Crippen molar-refractivity contribution in [2.24, 2.45) is 0 Å². The molecule has 0 fully saturated rings. The van der Waals surface area contributed by atoms with Crippen LogP contribution in [-0.4, -0.2) is 12.4 Å². The van der Waals surface area contributed by atoms with Gasteiger partial charge in [-0.1, -0.05) is 27.5 Å². The topological polar surface area (TPSA) is 0 Å². The van der Waals surface area contributed by atoms with Gasteiger partial charge in [0.05, 0.1) is 0 Å². The van der Waals surface area contributed by atoms with Gasteiger partial charge in [-0.05, 0) is 24.6 Å². The lowest BCUT2D eigenvalue weighted by Gasteiger charge is -2.30. The van der Waals surface area contributed by atoms with Crippen LogP contribution in [0.2, 0.25) is 5.02 Å². The van der Waals surface area contributed by atoms with E-state index in [-0.39, 0.29) is 10.0 Å². The van der Waals surface area contributed by atoms with Crippen LogP contribution in [0.15, 0.2) is 16.6 Å². The molecule has 0 aromatic heterocycles. The van der Waals surface area contributed by atoms with E-state index in [0.29, 0.717) is 12.1 Å². The highest BCUT2D eigenvalue weighted by Crippen LogP contribution is 2.54. The first kappa shape index (κ1) is 16.6. The highest BCUT2D eigenvalue weighted by molar-refractivity contribution is 9.10. The standard InChI is InChI=1S/C10H5BrClF7/c1-4-6(11)2-5(3-7(4)12)8(13,9(14,15)16)10(17,18)19/h2-3H,1H3. The molecular formula is C10H5BrClF7. The van der Waals surface area contributed by atoms with Crippen molar-refractivity contribution < 1.29 is 30.7 Å². The Morgan fingerprint density at radius 1 is 0.947 bits per heavy atom. The molecule has 0 saturated heterocycles. The number of hydrogen-bond acceptors (Lipinski definition) is 0. The third-order valence-electron chi connectivity index (χ3n) is 2.46. The van der Waals surface area contributed by atoms with Gasteiger partial charge < -0.3 is 0 Å². The molecule has 108 valence electrons. The molecule has 0 aliphatic heterocycles. The summed E-state index contributed by atoms with van der Waals surface area (Å²) >= 11 is 8.23. The Kier molecular flexibility index (Phi) is 4.18. The Balaban J connectivity index is 3.62. The van der Waals surface area contributed by atoms with E-state index in [2.05, 4.69) is 15.9 Å². The van der Waals surface area contributed by atoms with Gasteiger partial charge in [0.1, 0.15) is 0 Å². The zero-order valence-corrected chi connectivity index (χ0v) is 11.4. The SMILES string of the molecule is Cc1c(Cl)cc(C(F)(C(F)(F)F)C(F)(F)F)cc1Br. The van der Waals surface area contributed by atoms with E-state index in [1.54, 1.807) is 0 Å². The molecule has 0 heterocycles. The zero-order chi connectivity index (χ0) is 15.2. The van der Waals surface area contributed by atoms with Gasteiger partial charge in [0.25, 0.3) is 0 Å². The molecule has 0 radical (unpaired) electrons. The minimum atomic E-state index is -6.15. The summed E-state index contributed by atoms with van der Waals surface area (Å²) in [5.41, 5.74) is -6.88. The van der Waals surface area contributed by atoms with E-state index in [0.717, 1.165) is 0 Å². The lowest BCUT2D eigenvalue weighted by Crippen LogP contribution is -2.50. The van der Waals surface area contributed by atoms with Crippen LogP contribution in [0.1, 0.15) is 11.1 Å². The zero-order valence-electron chi connectivity index (χ0n) is 9.06. The Bertz CT molecular complexity index is 455. The van der Waals surface area contributed by atoms with Crippen LogP contribution in [0.4, 0.5) is 30.7 Å². The maximum absolute atomic E-state index is 13.7. The van der Waals surface area contributed by atoms with Crippen LogP contribution in [0.5, 0.6) is 0 Å². The average molecular weight is 373 g/mol. The molecule has 19 heavy (non-hydrogen) atoms. The molecule has 0 nitrogen and oxygen atoms in total. The summed E-state index contributed by atoms with van der Waals surface area (Å²) in [6.07, 6.45) is -12.3. The lowest BCUT2D eigenvalue weighted by molar-refractivity contribution is -0.348. The van der Waals surface area contributed by atoms with E-state index >= 15 is 0 Å². The van der Waals surface area contributed by atoms with Crippen molar-refractivity contribution in [2.75, 3.05) is 0 Å². The first-order chi connectivity index (χ1) is 8.32. The van der Waals surface area contributed by atoms with Crippen molar-refractivity contribution in [2.45, 2.75) is 24.9 Å². The van der Waals surface area contributed by atoms with Gasteiger partial charge in [0, 0.05) is 15.1 Å². The van der Waals surface area contributed by atoms with E-state index in [9.17, 15) is 30.7 Å². The van der Waals surface area contributed by atoms with Crippen LogP contribution in [0.25, 0.3) is 0 Å². The molecule has 0 unspecified atom stereocenters. The molecule has 1 aromatic rings. The molecule has 0 amide bonds. The van der Waals surface area contributed by atoms with E-state index in [1.807, 2.05) is 0 Å². The lowest BCUT2D eigenvalue weighted by atomic mass is 9.93. The summed E-state index contributed by atoms with van der Waals surface area (Å²) in [5, 5.41) is -0.403. The minimum Gasteiger partial charge on any atom is -0.218 e. The highest BCUT2D eigenvalue weighted by atomic mass is 79.9. The van der Waals surface area contributed by atoms with Crippen molar-refractivity contribution in [1.82, 2.24) is 0 Å². The van der Waals surface area contributed by atoms with Crippen LogP contribution in [0, 0.1) is 6.92 Å². The summed E-state index contributed by atoms with van der Waals surface area (Å²) in [6, 6.07) is 0.741. The van der Waals surface area contributed by atoms with Gasteiger partial charge in [-0.25, -0.2) is 4.39 Å². The molecule has 0 atom stereocenters. The fourth-order valence-corrected chi connectivity index (χ4v) is 2.13. The smallest absolute Gasteiger partial charge is 0.218 e. The largest absolute Gasteiger partial charge is 0.435 e. The fourth-order valence-electron chi connectivity index (χ4n) is 1.33. The Morgan fingerprint density at radius 3 is 1.68 bits per heavy atom. The second kappa shape index (κ2) is 4.80. The fraction of sp³-hybridized carbons (Fsp3) is 0.400. The van der Waals surface area contributed by atoms with Gasteiger partial charge in [-0.15, -0.1) is 0 Å². The van der Waals surface area contributed by atoms with Crippen molar-refractivity contribution >= 4 is 27.5 Å². The van der Waals surface area contributed by atoms with Crippen molar-refractivity contribution in [3.05, 3.63) is 32.8 Å². The van der Waals surface area contributed by atoms with Crippen molar-refractivity contribution in [3.8, 4) is 0 Å². The van der Waals surface area contributed by atoms with Gasteiger partial charge in [0.15, 0.2) is 0 Å².